The van der Waals surface area contributed by atoms with E-state index in [9.17, 15) is 0 Å². The summed E-state index contributed by atoms with van der Waals surface area (Å²) in [5.74, 6) is 0.893. The highest BCUT2D eigenvalue weighted by atomic mass is 16.5. The summed E-state index contributed by atoms with van der Waals surface area (Å²) in [6.45, 7) is 2.63. The van der Waals surface area contributed by atoms with Crippen molar-refractivity contribution in [3.8, 4) is 5.75 Å². The van der Waals surface area contributed by atoms with Crippen molar-refractivity contribution in [2.45, 2.75) is 6.92 Å². The van der Waals surface area contributed by atoms with Crippen LogP contribution in [-0.2, 0) is 0 Å². The van der Waals surface area contributed by atoms with Gasteiger partial charge in [-0.25, -0.2) is 4.68 Å². The van der Waals surface area contributed by atoms with Crippen molar-refractivity contribution in [3.63, 3.8) is 0 Å². The van der Waals surface area contributed by atoms with Gasteiger partial charge in [-0.05, 0) is 24.4 Å². The van der Waals surface area contributed by atoms with E-state index in [0.29, 0.717) is 6.61 Å². The maximum absolute atomic E-state index is 5.65. The van der Waals surface area contributed by atoms with Gasteiger partial charge < -0.3 is 4.74 Å². The molecule has 0 unspecified atom stereocenters. The molecule has 20 heavy (non-hydrogen) atoms. The molecule has 0 saturated heterocycles. The van der Waals surface area contributed by atoms with Gasteiger partial charge in [0.1, 0.15) is 18.4 Å². The van der Waals surface area contributed by atoms with Gasteiger partial charge in [0.2, 0.25) is 0 Å². The molecule has 100 valence electrons. The van der Waals surface area contributed by atoms with E-state index in [1.807, 2.05) is 31.2 Å². The third-order valence-electron chi connectivity index (χ3n) is 2.95. The number of aromatic nitrogens is 3. The van der Waals surface area contributed by atoms with Gasteiger partial charge in [0.25, 0.3) is 0 Å². The lowest BCUT2D eigenvalue weighted by Gasteiger charge is -2.09. The number of hydrogen-bond donors (Lipinski definition) is 0. The molecule has 0 atom stereocenters. The summed E-state index contributed by atoms with van der Waals surface area (Å²) in [5.41, 5.74) is 1.03. The zero-order valence-corrected chi connectivity index (χ0v) is 11.1. The third-order valence-corrected chi connectivity index (χ3v) is 2.95. The molecule has 0 spiro atoms. The summed E-state index contributed by atoms with van der Waals surface area (Å²) in [5, 5.41) is 13.9. The summed E-state index contributed by atoms with van der Waals surface area (Å²) < 4.78 is 7.22. The van der Waals surface area contributed by atoms with Gasteiger partial charge in [-0.15, -0.1) is 10.2 Å². The molecule has 1 heterocycles. The first kappa shape index (κ1) is 12.3. The average molecular weight is 266 g/mol. The van der Waals surface area contributed by atoms with E-state index in [-0.39, 0.29) is 0 Å². The van der Waals surface area contributed by atoms with Gasteiger partial charge in [-0.3, -0.25) is 0 Å². The lowest BCUT2D eigenvalue weighted by atomic mass is 10.0. The van der Waals surface area contributed by atoms with Gasteiger partial charge >= 0.3 is 0 Å². The second-order valence-corrected chi connectivity index (χ2v) is 4.22. The molecule has 1 aromatic heterocycles. The molecule has 2 aromatic carbocycles. The second-order valence-electron chi connectivity index (χ2n) is 4.22. The molecule has 0 N–H and O–H groups in total. The van der Waals surface area contributed by atoms with Gasteiger partial charge in [-0.2, -0.15) is 5.10 Å². The zero-order valence-electron chi connectivity index (χ0n) is 11.1. The Labute approximate surface area is 116 Å². The normalized spacial score (nSPS) is 11.2. The highest BCUT2D eigenvalue weighted by molar-refractivity contribution is 6.02. The minimum atomic E-state index is 0.651. The van der Waals surface area contributed by atoms with Crippen molar-refractivity contribution in [1.29, 1.82) is 0 Å². The number of rotatable bonds is 4. The Morgan fingerprint density at radius 1 is 1.10 bits per heavy atom. The fourth-order valence-corrected chi connectivity index (χ4v) is 2.07. The fraction of sp³-hybridized carbons (Fsp3) is 0.133. The average Bonchev–Trinajstić information content (AvgIpc) is 3.00. The van der Waals surface area contributed by atoms with E-state index >= 15 is 0 Å². The molecule has 0 amide bonds. The van der Waals surface area contributed by atoms with Crippen LogP contribution in [0.15, 0.2) is 54.2 Å². The number of benzene rings is 2. The first-order valence-electron chi connectivity index (χ1n) is 6.42. The summed E-state index contributed by atoms with van der Waals surface area (Å²) >= 11 is 0. The maximum atomic E-state index is 5.65. The zero-order chi connectivity index (χ0) is 13.8. The molecule has 0 radical (unpaired) electrons. The summed E-state index contributed by atoms with van der Waals surface area (Å²) in [4.78, 5) is 0. The van der Waals surface area contributed by atoms with Gasteiger partial charge in [-0.1, -0.05) is 24.3 Å². The molecule has 0 bridgehead atoms. The minimum Gasteiger partial charge on any atom is -0.493 e. The van der Waals surface area contributed by atoms with Gasteiger partial charge in [0.15, 0.2) is 0 Å². The predicted octanol–water partition coefficient (Wildman–Crippen LogP) is 2.71. The van der Waals surface area contributed by atoms with E-state index in [1.165, 1.54) is 0 Å². The molecule has 5 heteroatoms. The van der Waals surface area contributed by atoms with E-state index in [2.05, 4.69) is 27.4 Å². The van der Waals surface area contributed by atoms with Crippen LogP contribution in [0.4, 0.5) is 0 Å². The Kier molecular flexibility index (Phi) is 3.41. The van der Waals surface area contributed by atoms with Crippen molar-refractivity contribution < 1.29 is 4.74 Å². The molecule has 0 aliphatic rings. The Hall–Kier alpha value is -2.69. The Morgan fingerprint density at radius 2 is 1.85 bits per heavy atom. The monoisotopic (exact) mass is 266 g/mol. The topological polar surface area (TPSA) is 52.3 Å². The van der Waals surface area contributed by atoms with E-state index in [0.717, 1.165) is 22.1 Å². The SMILES string of the molecule is CCOc1ccc(C=Nn2cnnc2)c2ccccc12. The molecular formula is C15H14N4O. The van der Waals surface area contributed by atoms with Crippen LogP contribution in [0.2, 0.25) is 0 Å². The molecule has 0 saturated carbocycles. The molecular weight excluding hydrogens is 252 g/mol. The molecule has 0 aliphatic heterocycles. The molecule has 3 rings (SSSR count). The summed E-state index contributed by atoms with van der Waals surface area (Å²) in [6.07, 6.45) is 4.89. The van der Waals surface area contributed by atoms with Crippen molar-refractivity contribution in [1.82, 2.24) is 14.9 Å². The smallest absolute Gasteiger partial charge is 0.141 e. The molecule has 0 fully saturated rings. The van der Waals surface area contributed by atoms with Gasteiger partial charge in [0, 0.05) is 10.9 Å². The van der Waals surface area contributed by atoms with Crippen LogP contribution in [0.1, 0.15) is 12.5 Å². The summed E-state index contributed by atoms with van der Waals surface area (Å²) in [6, 6.07) is 12.1. The van der Waals surface area contributed by atoms with Crippen LogP contribution < -0.4 is 4.74 Å². The fourth-order valence-electron chi connectivity index (χ4n) is 2.07. The maximum Gasteiger partial charge on any atom is 0.141 e. The minimum absolute atomic E-state index is 0.651. The standard InChI is InChI=1S/C15H14N4O/c1-2-20-15-8-7-12(9-18-19-10-16-17-11-19)13-5-3-4-6-14(13)15/h3-11H,2H2,1H3. The van der Waals surface area contributed by atoms with Crippen LogP contribution in [-0.4, -0.2) is 27.7 Å². The number of hydrogen-bond acceptors (Lipinski definition) is 4. The first-order chi connectivity index (χ1) is 9.88. The van der Waals surface area contributed by atoms with Crippen LogP contribution in [0, 0.1) is 0 Å². The largest absolute Gasteiger partial charge is 0.493 e. The molecule has 5 nitrogen and oxygen atoms in total. The lowest BCUT2D eigenvalue weighted by molar-refractivity contribution is 0.344. The highest BCUT2D eigenvalue weighted by Gasteiger charge is 2.04. The van der Waals surface area contributed by atoms with Crippen LogP contribution >= 0.6 is 0 Å². The first-order valence-corrected chi connectivity index (χ1v) is 6.42. The van der Waals surface area contributed by atoms with Crippen molar-refractivity contribution >= 4 is 17.0 Å². The number of nitrogens with zero attached hydrogens (tertiary/aromatic N) is 4. The Morgan fingerprint density at radius 3 is 2.60 bits per heavy atom. The lowest BCUT2D eigenvalue weighted by Crippen LogP contribution is -1.95. The quantitative estimate of drug-likeness (QED) is 0.682. The third kappa shape index (κ3) is 2.38. The highest BCUT2D eigenvalue weighted by Crippen LogP contribution is 2.27. The number of fused-ring (bicyclic) bond motifs is 1. The van der Waals surface area contributed by atoms with E-state index in [1.54, 1.807) is 23.5 Å². The Balaban J connectivity index is 2.06. The van der Waals surface area contributed by atoms with Crippen LogP contribution in [0.5, 0.6) is 5.75 Å². The predicted molar refractivity (Wildman–Crippen MR) is 78.1 cm³/mol. The van der Waals surface area contributed by atoms with E-state index < -0.39 is 0 Å². The summed E-state index contributed by atoms with van der Waals surface area (Å²) in [7, 11) is 0. The van der Waals surface area contributed by atoms with Gasteiger partial charge in [0.05, 0.1) is 12.8 Å². The number of ether oxygens (including phenoxy) is 1. The van der Waals surface area contributed by atoms with Crippen molar-refractivity contribution in [2.75, 3.05) is 6.61 Å². The Bertz CT molecular complexity index is 735. The van der Waals surface area contributed by atoms with Crippen molar-refractivity contribution in [2.24, 2.45) is 5.10 Å². The van der Waals surface area contributed by atoms with E-state index in [4.69, 9.17) is 4.74 Å². The second kappa shape index (κ2) is 5.52. The molecule has 0 aliphatic carbocycles. The van der Waals surface area contributed by atoms with Crippen LogP contribution in [0.25, 0.3) is 10.8 Å². The molecule has 3 aromatic rings. The van der Waals surface area contributed by atoms with Crippen LogP contribution in [0.3, 0.4) is 0 Å². The van der Waals surface area contributed by atoms with Crippen molar-refractivity contribution in [3.05, 3.63) is 54.6 Å².